The lowest BCUT2D eigenvalue weighted by Crippen LogP contribution is -2.60. The van der Waals surface area contributed by atoms with E-state index in [0.29, 0.717) is 32.5 Å². The van der Waals surface area contributed by atoms with Gasteiger partial charge in [-0.3, -0.25) is 14.9 Å². The highest BCUT2D eigenvalue weighted by molar-refractivity contribution is 5.88. The predicted molar refractivity (Wildman–Crippen MR) is 115 cm³/mol. The molecule has 0 bridgehead atoms. The molecule has 2 aliphatic rings. The first kappa shape index (κ1) is 24.2. The highest BCUT2D eigenvalue weighted by Crippen LogP contribution is 2.35. The molecule has 9 heteroatoms. The summed E-state index contributed by atoms with van der Waals surface area (Å²) in [5.74, 6) is -2.84. The Morgan fingerprint density at radius 2 is 1.94 bits per heavy atom. The van der Waals surface area contributed by atoms with Crippen LogP contribution in [0.15, 0.2) is 30.3 Å². The number of rotatable bonds is 9. The fraction of sp³-hybridized carbons (Fsp3) is 0.609. The summed E-state index contributed by atoms with van der Waals surface area (Å²) in [5, 5.41) is 12.8. The highest BCUT2D eigenvalue weighted by atomic mass is 16.7. The number of carboxylic acid groups (broad SMARTS) is 1. The second kappa shape index (κ2) is 10.9. The third-order valence-electron chi connectivity index (χ3n) is 5.95. The third kappa shape index (κ3) is 5.85. The van der Waals surface area contributed by atoms with Crippen molar-refractivity contribution in [3.05, 3.63) is 35.9 Å². The number of nitrogens with one attached hydrogen (secondary N) is 1. The summed E-state index contributed by atoms with van der Waals surface area (Å²) in [5.41, 5.74) is 1.08. The second-order valence-electron chi connectivity index (χ2n) is 8.16. The minimum atomic E-state index is -1.10. The SMILES string of the molecule is CCOC(=O)[C@H](CCc1ccccc1)NC(C)C(=O)N1CCC2(C[C@H]1C(=O)O)OCCO2. The van der Waals surface area contributed by atoms with Crippen molar-refractivity contribution in [3.8, 4) is 0 Å². The Bertz CT molecular complexity index is 795. The number of benzene rings is 1. The van der Waals surface area contributed by atoms with Crippen LogP contribution in [0, 0.1) is 0 Å². The number of aryl methyl sites for hydroxylation is 1. The van der Waals surface area contributed by atoms with Gasteiger partial charge in [0.2, 0.25) is 5.91 Å². The molecule has 1 aromatic carbocycles. The molecule has 1 aromatic rings. The van der Waals surface area contributed by atoms with Crippen LogP contribution in [0.3, 0.4) is 0 Å². The van der Waals surface area contributed by atoms with E-state index >= 15 is 0 Å². The summed E-state index contributed by atoms with van der Waals surface area (Å²) >= 11 is 0. The quantitative estimate of drug-likeness (QED) is 0.544. The van der Waals surface area contributed by atoms with Crippen molar-refractivity contribution >= 4 is 17.8 Å². The number of carbonyl (C=O) groups is 3. The molecule has 1 unspecified atom stereocenters. The number of carbonyl (C=O) groups excluding carboxylic acids is 2. The van der Waals surface area contributed by atoms with Crippen LogP contribution in [-0.2, 0) is 35.0 Å². The number of piperidine rings is 1. The maximum absolute atomic E-state index is 13.2. The fourth-order valence-electron chi connectivity index (χ4n) is 4.29. The Kier molecular flexibility index (Phi) is 8.22. The molecule has 176 valence electrons. The number of hydrogen-bond donors (Lipinski definition) is 2. The second-order valence-corrected chi connectivity index (χ2v) is 8.16. The number of carboxylic acids is 1. The van der Waals surface area contributed by atoms with Gasteiger partial charge in [0.15, 0.2) is 5.79 Å². The van der Waals surface area contributed by atoms with Crippen molar-refractivity contribution < 1.29 is 33.7 Å². The van der Waals surface area contributed by atoms with E-state index < -0.39 is 35.9 Å². The van der Waals surface area contributed by atoms with Gasteiger partial charge in [-0.15, -0.1) is 0 Å². The van der Waals surface area contributed by atoms with Gasteiger partial charge in [-0.05, 0) is 32.3 Å². The number of esters is 1. The van der Waals surface area contributed by atoms with Crippen LogP contribution in [0.2, 0.25) is 0 Å². The molecule has 2 aliphatic heterocycles. The zero-order valence-corrected chi connectivity index (χ0v) is 18.6. The number of ether oxygens (including phenoxy) is 3. The van der Waals surface area contributed by atoms with Gasteiger partial charge in [0.1, 0.15) is 12.1 Å². The van der Waals surface area contributed by atoms with Crippen LogP contribution in [0.4, 0.5) is 0 Å². The van der Waals surface area contributed by atoms with Crippen molar-refractivity contribution in [2.24, 2.45) is 0 Å². The van der Waals surface area contributed by atoms with Crippen molar-refractivity contribution in [1.29, 1.82) is 0 Å². The smallest absolute Gasteiger partial charge is 0.326 e. The minimum absolute atomic E-state index is 0.0795. The predicted octanol–water partition coefficient (Wildman–Crippen LogP) is 1.35. The molecule has 2 N–H and O–H groups in total. The molecule has 2 saturated heterocycles. The topological polar surface area (TPSA) is 114 Å². The molecular weight excluding hydrogens is 416 g/mol. The first-order valence-electron chi connectivity index (χ1n) is 11.1. The molecule has 0 saturated carbocycles. The van der Waals surface area contributed by atoms with Gasteiger partial charge in [-0.2, -0.15) is 0 Å². The molecule has 32 heavy (non-hydrogen) atoms. The van der Waals surface area contributed by atoms with Crippen molar-refractivity contribution in [2.45, 2.75) is 63.4 Å². The Hall–Kier alpha value is -2.49. The molecule has 0 aromatic heterocycles. The molecule has 2 fully saturated rings. The lowest BCUT2D eigenvalue weighted by atomic mass is 9.95. The average Bonchev–Trinajstić information content (AvgIpc) is 3.24. The summed E-state index contributed by atoms with van der Waals surface area (Å²) < 4.78 is 16.5. The number of amides is 1. The lowest BCUT2D eigenvalue weighted by Gasteiger charge is -2.42. The van der Waals surface area contributed by atoms with Crippen LogP contribution in [0.1, 0.15) is 38.7 Å². The van der Waals surface area contributed by atoms with Crippen molar-refractivity contribution in [3.63, 3.8) is 0 Å². The standard InChI is InChI=1S/C23H32N2O7/c1-3-30-22(29)18(10-9-17-7-5-4-6-8-17)24-16(2)20(26)25-12-11-23(31-13-14-32-23)15-19(25)21(27)28/h4-8,16,18-19,24H,3,9-15H2,1-2H3,(H,27,28)/t16?,18-,19-/m0/s1. The van der Waals surface area contributed by atoms with E-state index in [1.807, 2.05) is 30.3 Å². The number of nitrogens with zero attached hydrogens (tertiary/aromatic N) is 1. The van der Waals surface area contributed by atoms with E-state index in [0.717, 1.165) is 5.56 Å². The van der Waals surface area contributed by atoms with Crippen molar-refractivity contribution in [1.82, 2.24) is 10.2 Å². The highest BCUT2D eigenvalue weighted by Gasteiger charge is 2.48. The zero-order valence-electron chi connectivity index (χ0n) is 18.6. The summed E-state index contributed by atoms with van der Waals surface area (Å²) in [6.45, 7) is 4.65. The summed E-state index contributed by atoms with van der Waals surface area (Å²) in [6, 6.07) is 7.24. The molecule has 1 amide bonds. The maximum atomic E-state index is 13.2. The number of aliphatic carboxylic acids is 1. The van der Waals surface area contributed by atoms with Crippen LogP contribution < -0.4 is 5.32 Å². The summed E-state index contributed by atoms with van der Waals surface area (Å²) in [4.78, 5) is 38.9. The van der Waals surface area contributed by atoms with Gasteiger partial charge in [-0.1, -0.05) is 30.3 Å². The van der Waals surface area contributed by atoms with Crippen LogP contribution in [0.25, 0.3) is 0 Å². The van der Waals surface area contributed by atoms with Gasteiger partial charge in [0.05, 0.1) is 25.9 Å². The number of hydrogen-bond acceptors (Lipinski definition) is 7. The summed E-state index contributed by atoms with van der Waals surface area (Å²) in [6.07, 6.45) is 1.57. The third-order valence-corrected chi connectivity index (χ3v) is 5.95. The van der Waals surface area contributed by atoms with Crippen LogP contribution >= 0.6 is 0 Å². The van der Waals surface area contributed by atoms with Gasteiger partial charge in [-0.25, -0.2) is 4.79 Å². The largest absolute Gasteiger partial charge is 0.480 e. The Labute approximate surface area is 188 Å². The van der Waals surface area contributed by atoms with Crippen LogP contribution in [-0.4, -0.2) is 78.1 Å². The van der Waals surface area contributed by atoms with E-state index in [4.69, 9.17) is 14.2 Å². The molecule has 0 aliphatic carbocycles. The molecule has 3 rings (SSSR count). The molecule has 0 radical (unpaired) electrons. The lowest BCUT2D eigenvalue weighted by molar-refractivity contribution is -0.204. The van der Waals surface area contributed by atoms with Crippen LogP contribution in [0.5, 0.6) is 0 Å². The maximum Gasteiger partial charge on any atom is 0.326 e. The van der Waals surface area contributed by atoms with E-state index in [1.165, 1.54) is 4.90 Å². The monoisotopic (exact) mass is 448 g/mol. The van der Waals surface area contributed by atoms with E-state index in [9.17, 15) is 19.5 Å². The first-order chi connectivity index (χ1) is 15.3. The molecule has 2 heterocycles. The minimum Gasteiger partial charge on any atom is -0.480 e. The van der Waals surface area contributed by atoms with Crippen molar-refractivity contribution in [2.75, 3.05) is 26.4 Å². The van der Waals surface area contributed by atoms with Gasteiger partial charge in [0.25, 0.3) is 0 Å². The van der Waals surface area contributed by atoms with E-state index in [-0.39, 0.29) is 25.5 Å². The molecule has 9 nitrogen and oxygen atoms in total. The van der Waals surface area contributed by atoms with Gasteiger partial charge < -0.3 is 24.2 Å². The Balaban J connectivity index is 1.65. The van der Waals surface area contributed by atoms with E-state index in [1.54, 1.807) is 13.8 Å². The van der Waals surface area contributed by atoms with Gasteiger partial charge in [0, 0.05) is 19.4 Å². The first-order valence-corrected chi connectivity index (χ1v) is 11.1. The van der Waals surface area contributed by atoms with E-state index in [2.05, 4.69) is 5.32 Å². The fourth-order valence-corrected chi connectivity index (χ4v) is 4.29. The Morgan fingerprint density at radius 3 is 2.56 bits per heavy atom. The summed E-state index contributed by atoms with van der Waals surface area (Å²) in [7, 11) is 0. The Morgan fingerprint density at radius 1 is 1.25 bits per heavy atom. The average molecular weight is 449 g/mol. The van der Waals surface area contributed by atoms with Gasteiger partial charge >= 0.3 is 11.9 Å². The molecule has 3 atom stereocenters. The number of likely N-dealkylation sites (tertiary alicyclic amines) is 1. The zero-order chi connectivity index (χ0) is 23.1. The molecular formula is C23H32N2O7. The molecule has 1 spiro atoms. The normalized spacial score (nSPS) is 21.8.